The van der Waals surface area contributed by atoms with Gasteiger partial charge in [-0.1, -0.05) is 0 Å². The first-order chi connectivity index (χ1) is 5.91. The predicted octanol–water partition coefficient (Wildman–Crippen LogP) is -4.25. The predicted molar refractivity (Wildman–Crippen MR) is 50.3 cm³/mol. The molecule has 0 saturated carbocycles. The minimum absolute atomic E-state index is 0. The third-order valence-electron chi connectivity index (χ3n) is 1.51. The van der Waals surface area contributed by atoms with E-state index < -0.39 is 37.0 Å². The molecule has 0 unspecified atom stereocenters. The summed E-state index contributed by atoms with van der Waals surface area (Å²) in [5.41, 5.74) is 0. The summed E-state index contributed by atoms with van der Waals surface area (Å²) in [4.78, 5) is 10.1. The molecule has 0 aliphatic carbocycles. The molecule has 0 aliphatic heterocycles. The molecule has 7 nitrogen and oxygen atoms in total. The summed E-state index contributed by atoms with van der Waals surface area (Å²) in [5.74, 6) is -1.73. The van der Waals surface area contributed by atoms with Gasteiger partial charge in [-0.15, -0.1) is 0 Å². The molecule has 9 heteroatoms. The van der Waals surface area contributed by atoms with Crippen molar-refractivity contribution in [3.8, 4) is 0 Å². The zero-order valence-corrected chi connectivity index (χ0v) is 14.7. The van der Waals surface area contributed by atoms with Crippen LogP contribution in [-0.2, 0) is 4.79 Å². The monoisotopic (exact) mass is 444 g/mol. The molecule has 0 aromatic rings. The number of carbonyl (C=O) groups is 1. The molecule has 4 atom stereocenters. The zero-order chi connectivity index (χ0) is 10.6. The first-order valence-electron chi connectivity index (χ1n) is 3.47. The maximum absolute atomic E-state index is 10.1. The van der Waals surface area contributed by atoms with Crippen LogP contribution in [0.1, 0.15) is 0 Å². The van der Waals surface area contributed by atoms with Crippen LogP contribution in [0.25, 0.3) is 0 Å². The first kappa shape index (κ1) is 22.0. The van der Waals surface area contributed by atoms with Gasteiger partial charge < -0.3 is 30.6 Å². The Labute approximate surface area is 148 Å². The molecule has 0 aromatic carbocycles. The fraction of sp³-hybridized carbons (Fsp3) is 0.833. The topological polar surface area (TPSA) is 138 Å². The van der Waals surface area contributed by atoms with Crippen LogP contribution < -0.4 is 0 Å². The SMILES string of the molecule is O=C(O)[C@H](O)[C@@H](O)[C@H](O)[C@H](O)CO.[Bi].[K]. The summed E-state index contributed by atoms with van der Waals surface area (Å²) < 4.78 is 0. The Morgan fingerprint density at radius 3 is 1.73 bits per heavy atom. The van der Waals surface area contributed by atoms with Gasteiger partial charge in [-0.05, 0) is 0 Å². The van der Waals surface area contributed by atoms with E-state index in [0.29, 0.717) is 0 Å². The van der Waals surface area contributed by atoms with Crippen molar-refractivity contribution in [2.24, 2.45) is 0 Å². The van der Waals surface area contributed by atoms with Crippen LogP contribution in [0.2, 0.25) is 0 Å². The van der Waals surface area contributed by atoms with Crippen LogP contribution >= 0.6 is 0 Å². The van der Waals surface area contributed by atoms with Gasteiger partial charge in [0, 0.05) is 77.6 Å². The van der Waals surface area contributed by atoms with Gasteiger partial charge in [0.1, 0.15) is 18.3 Å². The van der Waals surface area contributed by atoms with Crippen molar-refractivity contribution in [2.45, 2.75) is 24.4 Å². The van der Waals surface area contributed by atoms with Gasteiger partial charge in [0.2, 0.25) is 0 Å². The Morgan fingerprint density at radius 2 is 1.47 bits per heavy atom. The Hall–Kier alpha value is 1.79. The number of aliphatic hydroxyl groups excluding tert-OH is 5. The molecule has 0 fully saturated rings. The van der Waals surface area contributed by atoms with Crippen LogP contribution in [0.3, 0.4) is 0 Å². The first-order valence-corrected chi connectivity index (χ1v) is 3.47. The molecule has 0 amide bonds. The van der Waals surface area contributed by atoms with Crippen molar-refractivity contribution in [3.63, 3.8) is 0 Å². The second-order valence-corrected chi connectivity index (χ2v) is 2.51. The van der Waals surface area contributed by atoms with Crippen LogP contribution in [0.15, 0.2) is 0 Å². The van der Waals surface area contributed by atoms with E-state index in [9.17, 15) is 4.79 Å². The smallest absolute Gasteiger partial charge is 0.335 e. The Bertz CT molecular complexity index is 181. The molecule has 0 aromatic heterocycles. The van der Waals surface area contributed by atoms with E-state index in [1.165, 1.54) is 0 Å². The van der Waals surface area contributed by atoms with Crippen molar-refractivity contribution in [1.29, 1.82) is 0 Å². The molecule has 6 N–H and O–H groups in total. The fourth-order valence-corrected chi connectivity index (χ4v) is 0.668. The van der Waals surface area contributed by atoms with Crippen molar-refractivity contribution in [3.05, 3.63) is 0 Å². The molecule has 84 valence electrons. The number of carboxylic acids is 1. The summed E-state index contributed by atoms with van der Waals surface area (Å²) in [6, 6.07) is 0. The van der Waals surface area contributed by atoms with Crippen LogP contribution in [0, 0.1) is 0 Å². The van der Waals surface area contributed by atoms with Crippen molar-refractivity contribution in [1.82, 2.24) is 0 Å². The van der Waals surface area contributed by atoms with E-state index in [1.807, 2.05) is 0 Å². The zero-order valence-electron chi connectivity index (χ0n) is 8.06. The number of aliphatic carboxylic acids is 1. The third kappa shape index (κ3) is 7.67. The maximum Gasteiger partial charge on any atom is 0.335 e. The number of hydrogen-bond donors (Lipinski definition) is 6. The van der Waals surface area contributed by atoms with Gasteiger partial charge in [-0.2, -0.15) is 0 Å². The van der Waals surface area contributed by atoms with Gasteiger partial charge >= 0.3 is 5.97 Å². The van der Waals surface area contributed by atoms with Crippen LogP contribution in [0.4, 0.5) is 0 Å². The molecule has 0 saturated heterocycles. The van der Waals surface area contributed by atoms with Crippen molar-refractivity contribution in [2.75, 3.05) is 6.61 Å². The number of carboxylic acid groups (broad SMARTS) is 1. The standard InChI is InChI=1S/C6H12O7.Bi.K/c7-1-2(8)3(9)4(10)5(11)6(12)13;;/h2-5,7-11H,1H2,(H,12,13);;/t2-,3-,4+,5-;;/m1../s1. The van der Waals surface area contributed by atoms with Crippen molar-refractivity contribution < 1.29 is 35.4 Å². The minimum Gasteiger partial charge on any atom is -0.479 e. The molecule has 0 rings (SSSR count). The van der Waals surface area contributed by atoms with Gasteiger partial charge in [0.05, 0.1) is 6.61 Å². The van der Waals surface area contributed by atoms with Gasteiger partial charge in [0.15, 0.2) is 6.10 Å². The van der Waals surface area contributed by atoms with E-state index >= 15 is 0 Å². The van der Waals surface area contributed by atoms with E-state index in [4.69, 9.17) is 30.6 Å². The molecule has 0 heterocycles. The summed E-state index contributed by atoms with van der Waals surface area (Å²) in [5, 5.41) is 51.8. The number of hydrogen-bond acceptors (Lipinski definition) is 6. The van der Waals surface area contributed by atoms with Crippen LogP contribution in [-0.4, -0.2) is 145 Å². The van der Waals surface area contributed by atoms with Gasteiger partial charge in [-0.3, -0.25) is 0 Å². The summed E-state index contributed by atoms with van der Waals surface area (Å²) >= 11 is 0. The average molecular weight is 444 g/mol. The molecular formula is C6H12BiKO7. The van der Waals surface area contributed by atoms with E-state index in [2.05, 4.69) is 0 Å². The quantitative estimate of drug-likeness (QED) is 0.236. The second-order valence-electron chi connectivity index (χ2n) is 2.51. The minimum atomic E-state index is -2.20. The summed E-state index contributed by atoms with van der Waals surface area (Å²) in [7, 11) is 0. The fourth-order valence-electron chi connectivity index (χ4n) is 0.668. The Kier molecular flexibility index (Phi) is 16.0. The van der Waals surface area contributed by atoms with E-state index in [0.717, 1.165) is 0 Å². The Balaban J connectivity index is -0.000000720. The molecule has 0 spiro atoms. The molecule has 0 bridgehead atoms. The molecule has 4 radical (unpaired) electrons. The maximum atomic E-state index is 10.1. The van der Waals surface area contributed by atoms with Gasteiger partial charge in [-0.25, -0.2) is 4.79 Å². The second kappa shape index (κ2) is 10.9. The molecular weight excluding hydrogens is 432 g/mol. The normalized spacial score (nSPS) is 17.7. The average Bonchev–Trinajstić information content (AvgIpc) is 2.12. The molecule has 0 aliphatic rings. The largest absolute Gasteiger partial charge is 0.479 e. The number of aliphatic hydroxyl groups is 5. The van der Waals surface area contributed by atoms with E-state index in [-0.39, 0.29) is 77.6 Å². The van der Waals surface area contributed by atoms with E-state index in [1.54, 1.807) is 0 Å². The Morgan fingerprint density at radius 1 is 1.07 bits per heavy atom. The summed E-state index contributed by atoms with van der Waals surface area (Å²) in [6.45, 7) is -0.843. The van der Waals surface area contributed by atoms with Crippen molar-refractivity contribution >= 4 is 83.6 Å². The number of rotatable bonds is 5. The van der Waals surface area contributed by atoms with Crippen LogP contribution in [0.5, 0.6) is 0 Å². The molecule has 15 heavy (non-hydrogen) atoms. The third-order valence-corrected chi connectivity index (χ3v) is 1.51. The van der Waals surface area contributed by atoms with Gasteiger partial charge in [0.25, 0.3) is 0 Å². The summed E-state index contributed by atoms with van der Waals surface area (Å²) in [6.07, 6.45) is -7.84.